The molecular weight excluding hydrogens is 364 g/mol. The van der Waals surface area contributed by atoms with Crippen LogP contribution >= 0.6 is 0 Å². The molecule has 0 aromatic heterocycles. The molecule has 2 aliphatic rings. The molecule has 1 aliphatic carbocycles. The number of hydrogen-bond donors (Lipinski definition) is 1. The molecule has 0 unspecified atom stereocenters. The van der Waals surface area contributed by atoms with E-state index >= 15 is 0 Å². The fourth-order valence-corrected chi connectivity index (χ4v) is 3.98. The molecule has 0 amide bonds. The van der Waals surface area contributed by atoms with Gasteiger partial charge in [-0.05, 0) is 44.5 Å². The van der Waals surface area contributed by atoms with E-state index in [2.05, 4.69) is 10.2 Å². The Kier molecular flexibility index (Phi) is 5.76. The third-order valence-electron chi connectivity index (χ3n) is 5.61. The van der Waals surface area contributed by atoms with Gasteiger partial charge in [0.1, 0.15) is 12.4 Å². The third kappa shape index (κ3) is 4.10. The standard InChI is InChI=1S/C24H26N2O3/c1-17-22(25-12-15-26-13-5-6-14-26)24(28)21-19(23(17)27)10-7-11-20(21)29-16-18-8-3-2-4-9-18/h2-4,7-11,25H,5-6,12-16H2,1H3. The lowest BCUT2D eigenvalue weighted by atomic mass is 9.87. The van der Waals surface area contributed by atoms with E-state index in [4.69, 9.17) is 4.74 Å². The first-order valence-electron chi connectivity index (χ1n) is 10.2. The molecule has 29 heavy (non-hydrogen) atoms. The van der Waals surface area contributed by atoms with Gasteiger partial charge in [-0.2, -0.15) is 0 Å². The number of rotatable bonds is 7. The molecule has 1 saturated heterocycles. The van der Waals surface area contributed by atoms with E-state index in [9.17, 15) is 9.59 Å². The molecule has 1 N–H and O–H groups in total. The lowest BCUT2D eigenvalue weighted by Crippen LogP contribution is -2.35. The second-order valence-electron chi connectivity index (χ2n) is 7.59. The van der Waals surface area contributed by atoms with Crippen LogP contribution in [-0.2, 0) is 6.61 Å². The molecule has 5 nitrogen and oxygen atoms in total. The van der Waals surface area contributed by atoms with Gasteiger partial charge < -0.3 is 15.0 Å². The number of carbonyl (C=O) groups is 2. The van der Waals surface area contributed by atoms with Crippen molar-refractivity contribution in [2.24, 2.45) is 0 Å². The molecule has 1 aliphatic heterocycles. The summed E-state index contributed by atoms with van der Waals surface area (Å²) in [6.07, 6.45) is 2.46. The second kappa shape index (κ2) is 8.62. The van der Waals surface area contributed by atoms with Crippen LogP contribution in [0.15, 0.2) is 59.8 Å². The number of Topliss-reactive ketones (excluding diaryl/α,β-unsaturated/α-hetero) is 2. The number of likely N-dealkylation sites (tertiary alicyclic amines) is 1. The fraction of sp³-hybridized carbons (Fsp3) is 0.333. The van der Waals surface area contributed by atoms with E-state index in [0.717, 1.165) is 25.2 Å². The Bertz CT molecular complexity index is 944. The molecule has 0 saturated carbocycles. The maximum absolute atomic E-state index is 13.3. The Balaban J connectivity index is 1.53. The summed E-state index contributed by atoms with van der Waals surface area (Å²) in [4.78, 5) is 28.5. The maximum Gasteiger partial charge on any atom is 0.213 e. The van der Waals surface area contributed by atoms with Gasteiger partial charge in [0.15, 0.2) is 5.78 Å². The molecule has 0 atom stereocenters. The van der Waals surface area contributed by atoms with Gasteiger partial charge in [0, 0.05) is 24.2 Å². The number of allylic oxidation sites excluding steroid dienone is 2. The third-order valence-corrected chi connectivity index (χ3v) is 5.61. The number of ether oxygens (including phenoxy) is 1. The van der Waals surface area contributed by atoms with Gasteiger partial charge in [0.05, 0.1) is 11.3 Å². The monoisotopic (exact) mass is 390 g/mol. The van der Waals surface area contributed by atoms with E-state index in [1.54, 1.807) is 25.1 Å². The molecule has 150 valence electrons. The quantitative estimate of drug-likeness (QED) is 0.783. The van der Waals surface area contributed by atoms with Crippen LogP contribution < -0.4 is 10.1 Å². The highest BCUT2D eigenvalue weighted by atomic mass is 16.5. The summed E-state index contributed by atoms with van der Waals surface area (Å²) in [6.45, 7) is 5.79. The van der Waals surface area contributed by atoms with Crippen molar-refractivity contribution in [3.8, 4) is 5.75 Å². The highest BCUT2D eigenvalue weighted by Crippen LogP contribution is 2.32. The highest BCUT2D eigenvalue weighted by molar-refractivity contribution is 6.27. The Hall–Kier alpha value is -2.92. The number of carbonyl (C=O) groups excluding carboxylic acids is 2. The summed E-state index contributed by atoms with van der Waals surface area (Å²) < 4.78 is 5.95. The van der Waals surface area contributed by atoms with E-state index < -0.39 is 0 Å². The summed E-state index contributed by atoms with van der Waals surface area (Å²) in [6, 6.07) is 15.0. The van der Waals surface area contributed by atoms with Crippen molar-refractivity contribution in [1.82, 2.24) is 10.2 Å². The number of nitrogens with one attached hydrogen (secondary N) is 1. The number of nitrogens with zero attached hydrogens (tertiary/aromatic N) is 1. The average molecular weight is 390 g/mol. The molecule has 1 fully saturated rings. The van der Waals surface area contributed by atoms with Crippen molar-refractivity contribution < 1.29 is 14.3 Å². The largest absolute Gasteiger partial charge is 0.488 e. The summed E-state index contributed by atoms with van der Waals surface area (Å²) in [5.41, 5.74) is 2.67. The average Bonchev–Trinajstić information content (AvgIpc) is 3.27. The molecule has 5 heteroatoms. The van der Waals surface area contributed by atoms with Crippen molar-refractivity contribution in [1.29, 1.82) is 0 Å². The molecule has 0 bridgehead atoms. The van der Waals surface area contributed by atoms with Crippen LogP contribution in [0, 0.1) is 0 Å². The molecule has 2 aromatic carbocycles. The van der Waals surface area contributed by atoms with Crippen molar-refractivity contribution in [3.63, 3.8) is 0 Å². The van der Waals surface area contributed by atoms with Gasteiger partial charge in [-0.1, -0.05) is 42.5 Å². The predicted molar refractivity (Wildman–Crippen MR) is 112 cm³/mol. The SMILES string of the molecule is CC1=C(NCCN2CCCC2)C(=O)c2c(OCc3ccccc3)cccc2C1=O. The van der Waals surface area contributed by atoms with Crippen LogP contribution in [0.4, 0.5) is 0 Å². The highest BCUT2D eigenvalue weighted by Gasteiger charge is 2.32. The van der Waals surface area contributed by atoms with Crippen molar-refractivity contribution in [2.45, 2.75) is 26.4 Å². The van der Waals surface area contributed by atoms with Crippen LogP contribution in [-0.4, -0.2) is 42.6 Å². The molecule has 0 radical (unpaired) electrons. The van der Waals surface area contributed by atoms with Crippen LogP contribution in [0.1, 0.15) is 46.0 Å². The van der Waals surface area contributed by atoms with E-state index in [-0.39, 0.29) is 11.6 Å². The fourth-order valence-electron chi connectivity index (χ4n) is 3.98. The predicted octanol–water partition coefficient (Wildman–Crippen LogP) is 3.60. The van der Waals surface area contributed by atoms with Crippen LogP contribution in [0.5, 0.6) is 5.75 Å². The second-order valence-corrected chi connectivity index (χ2v) is 7.59. The normalized spacial score (nSPS) is 16.9. The van der Waals surface area contributed by atoms with Gasteiger partial charge in [0.25, 0.3) is 0 Å². The lowest BCUT2D eigenvalue weighted by molar-refractivity contribution is 0.0964. The smallest absolute Gasteiger partial charge is 0.213 e. The zero-order valence-corrected chi connectivity index (χ0v) is 16.7. The van der Waals surface area contributed by atoms with Gasteiger partial charge in [-0.15, -0.1) is 0 Å². The van der Waals surface area contributed by atoms with Gasteiger partial charge >= 0.3 is 0 Å². The molecule has 4 rings (SSSR count). The number of ketones is 2. The maximum atomic E-state index is 13.3. The van der Waals surface area contributed by atoms with Crippen LogP contribution in [0.3, 0.4) is 0 Å². The Morgan fingerprint density at radius 3 is 2.48 bits per heavy atom. The number of hydrogen-bond acceptors (Lipinski definition) is 5. The van der Waals surface area contributed by atoms with Crippen molar-refractivity contribution in [3.05, 3.63) is 76.5 Å². The van der Waals surface area contributed by atoms with Gasteiger partial charge in [-0.25, -0.2) is 0 Å². The zero-order valence-electron chi connectivity index (χ0n) is 16.7. The van der Waals surface area contributed by atoms with Crippen molar-refractivity contribution >= 4 is 11.6 Å². The summed E-state index contributed by atoms with van der Waals surface area (Å²) in [7, 11) is 0. The number of benzene rings is 2. The first-order valence-corrected chi connectivity index (χ1v) is 10.2. The summed E-state index contributed by atoms with van der Waals surface area (Å²) >= 11 is 0. The zero-order chi connectivity index (χ0) is 20.2. The van der Waals surface area contributed by atoms with Crippen molar-refractivity contribution in [2.75, 3.05) is 26.2 Å². The lowest BCUT2D eigenvalue weighted by Gasteiger charge is -2.23. The summed E-state index contributed by atoms with van der Waals surface area (Å²) in [5, 5.41) is 3.23. The minimum atomic E-state index is -0.165. The minimum Gasteiger partial charge on any atom is -0.488 e. The first-order chi connectivity index (χ1) is 14.1. The Morgan fingerprint density at radius 1 is 0.966 bits per heavy atom. The first kappa shape index (κ1) is 19.4. The molecule has 0 spiro atoms. The van der Waals surface area contributed by atoms with E-state index in [0.29, 0.717) is 41.3 Å². The van der Waals surface area contributed by atoms with Crippen LogP contribution in [0.25, 0.3) is 0 Å². The minimum absolute atomic E-state index is 0.117. The van der Waals surface area contributed by atoms with Crippen LogP contribution in [0.2, 0.25) is 0 Å². The molecule has 2 aromatic rings. The van der Waals surface area contributed by atoms with E-state index in [1.807, 2.05) is 30.3 Å². The molecule has 1 heterocycles. The van der Waals surface area contributed by atoms with Gasteiger partial charge in [0.2, 0.25) is 5.78 Å². The summed E-state index contributed by atoms with van der Waals surface area (Å²) in [5.74, 6) is 0.173. The van der Waals surface area contributed by atoms with E-state index in [1.165, 1.54) is 12.8 Å². The topological polar surface area (TPSA) is 58.6 Å². The number of fused-ring (bicyclic) bond motifs is 1. The Morgan fingerprint density at radius 2 is 1.72 bits per heavy atom. The molecular formula is C24H26N2O3. The Labute approximate surface area is 171 Å². The van der Waals surface area contributed by atoms with Gasteiger partial charge in [-0.3, -0.25) is 9.59 Å².